The summed E-state index contributed by atoms with van der Waals surface area (Å²) in [6.45, 7) is 5.02. The van der Waals surface area contributed by atoms with Crippen LogP contribution in [0.5, 0.6) is 5.75 Å². The van der Waals surface area contributed by atoms with Gasteiger partial charge in [-0.25, -0.2) is 4.79 Å². The summed E-state index contributed by atoms with van der Waals surface area (Å²) in [6.07, 6.45) is 6.98. The minimum atomic E-state index is -0.735. The lowest BCUT2D eigenvalue weighted by atomic mass is 9.82. The number of benzene rings is 1. The maximum atomic E-state index is 12.7. The number of carbonyl (C=O) groups is 2. The molecule has 2 fully saturated rings. The molecule has 0 bridgehead atoms. The molecular weight excluding hydrogens is 330 g/mol. The van der Waals surface area contributed by atoms with Crippen molar-refractivity contribution in [3.63, 3.8) is 0 Å². The van der Waals surface area contributed by atoms with Gasteiger partial charge in [-0.3, -0.25) is 4.79 Å². The Morgan fingerprint density at radius 2 is 1.88 bits per heavy atom. The van der Waals surface area contributed by atoms with Crippen molar-refractivity contribution < 1.29 is 14.3 Å². The summed E-state index contributed by atoms with van der Waals surface area (Å²) < 4.78 is 5.69. The normalized spacial score (nSPS) is 19.6. The number of hydrogen-bond acceptors (Lipinski definition) is 4. The van der Waals surface area contributed by atoms with Crippen molar-refractivity contribution in [1.82, 2.24) is 10.3 Å². The first-order valence-electron chi connectivity index (χ1n) is 9.44. The first-order valence-corrected chi connectivity index (χ1v) is 9.44. The van der Waals surface area contributed by atoms with E-state index in [1.54, 1.807) is 0 Å². The van der Waals surface area contributed by atoms with Crippen LogP contribution in [0.15, 0.2) is 29.4 Å². The largest absolute Gasteiger partial charge is 0.494 e. The molecule has 140 valence electrons. The fourth-order valence-electron chi connectivity index (χ4n) is 3.39. The van der Waals surface area contributed by atoms with Gasteiger partial charge in [0.2, 0.25) is 0 Å². The molecule has 1 N–H and O–H groups in total. The molecule has 1 saturated heterocycles. The second kappa shape index (κ2) is 7.89. The van der Waals surface area contributed by atoms with Crippen LogP contribution in [0.25, 0.3) is 0 Å². The Labute approximate surface area is 154 Å². The Kier molecular flexibility index (Phi) is 5.59. The number of hydrazone groups is 1. The smallest absolute Gasteiger partial charge is 0.346 e. The van der Waals surface area contributed by atoms with Gasteiger partial charge in [0.05, 0.1) is 12.8 Å². The first kappa shape index (κ1) is 18.4. The predicted molar refractivity (Wildman–Crippen MR) is 100 cm³/mol. The lowest BCUT2D eigenvalue weighted by Crippen LogP contribution is -2.48. The third-order valence-electron chi connectivity index (χ3n) is 5.01. The number of amides is 3. The summed E-state index contributed by atoms with van der Waals surface area (Å²) in [4.78, 5) is 24.8. The molecule has 26 heavy (non-hydrogen) atoms. The van der Waals surface area contributed by atoms with E-state index in [2.05, 4.69) is 24.3 Å². The van der Waals surface area contributed by atoms with Gasteiger partial charge in [-0.2, -0.15) is 5.10 Å². The SMILES string of the molecule is CC(C)CCOc1ccc(/C=N\N2C(=O)NC3(CCCCC3)C2=O)cc1. The number of nitrogens with one attached hydrogen (secondary N) is 1. The van der Waals surface area contributed by atoms with Gasteiger partial charge in [0, 0.05) is 0 Å². The van der Waals surface area contributed by atoms with Crippen molar-refractivity contribution >= 4 is 18.2 Å². The highest BCUT2D eigenvalue weighted by Gasteiger charge is 2.51. The van der Waals surface area contributed by atoms with Gasteiger partial charge in [0.1, 0.15) is 11.3 Å². The number of hydrogen-bond donors (Lipinski definition) is 1. The lowest BCUT2D eigenvalue weighted by Gasteiger charge is -2.29. The lowest BCUT2D eigenvalue weighted by molar-refractivity contribution is -0.132. The Bertz CT molecular complexity index is 676. The number of nitrogens with zero attached hydrogens (tertiary/aromatic N) is 2. The monoisotopic (exact) mass is 357 g/mol. The number of ether oxygens (including phenoxy) is 1. The topological polar surface area (TPSA) is 71.0 Å². The van der Waals surface area contributed by atoms with E-state index in [1.165, 1.54) is 6.21 Å². The standard InChI is InChI=1S/C20H27N3O3/c1-15(2)10-13-26-17-8-6-16(7-9-17)14-21-23-18(24)20(22-19(23)25)11-4-3-5-12-20/h6-9,14-15H,3-5,10-13H2,1-2H3,(H,22,25)/b21-14-. The van der Waals surface area contributed by atoms with Crippen molar-refractivity contribution in [2.75, 3.05) is 6.61 Å². The maximum absolute atomic E-state index is 12.7. The van der Waals surface area contributed by atoms with Crippen molar-refractivity contribution in [1.29, 1.82) is 0 Å². The van der Waals surface area contributed by atoms with E-state index in [0.717, 1.165) is 42.0 Å². The number of urea groups is 1. The molecule has 1 aliphatic heterocycles. The van der Waals surface area contributed by atoms with Crippen LogP contribution in [-0.2, 0) is 4.79 Å². The molecule has 3 amide bonds. The summed E-state index contributed by atoms with van der Waals surface area (Å²) in [5, 5.41) is 7.95. The van der Waals surface area contributed by atoms with Gasteiger partial charge in [-0.1, -0.05) is 33.1 Å². The third-order valence-corrected chi connectivity index (χ3v) is 5.01. The minimum absolute atomic E-state index is 0.230. The van der Waals surface area contributed by atoms with Crippen LogP contribution in [0.1, 0.15) is 57.9 Å². The molecule has 1 heterocycles. The van der Waals surface area contributed by atoms with E-state index in [4.69, 9.17) is 4.74 Å². The van der Waals surface area contributed by atoms with Crippen LogP contribution < -0.4 is 10.1 Å². The fourth-order valence-corrected chi connectivity index (χ4v) is 3.39. The van der Waals surface area contributed by atoms with Crippen LogP contribution in [0.3, 0.4) is 0 Å². The van der Waals surface area contributed by atoms with Crippen LogP contribution >= 0.6 is 0 Å². The van der Waals surface area contributed by atoms with Crippen molar-refractivity contribution in [2.24, 2.45) is 11.0 Å². The van der Waals surface area contributed by atoms with E-state index in [0.29, 0.717) is 25.4 Å². The van der Waals surface area contributed by atoms with Gasteiger partial charge in [0.25, 0.3) is 5.91 Å². The van der Waals surface area contributed by atoms with E-state index >= 15 is 0 Å². The molecule has 0 aromatic heterocycles. The Balaban J connectivity index is 1.60. The second-order valence-corrected chi connectivity index (χ2v) is 7.53. The van der Waals surface area contributed by atoms with Crippen LogP contribution in [0, 0.1) is 5.92 Å². The zero-order valence-electron chi connectivity index (χ0n) is 15.5. The van der Waals surface area contributed by atoms with E-state index in [-0.39, 0.29) is 5.91 Å². The van der Waals surface area contributed by atoms with Gasteiger partial charge in [0.15, 0.2) is 0 Å². The summed E-state index contributed by atoms with van der Waals surface area (Å²) in [5.41, 5.74) is 0.0762. The molecule has 2 aliphatic rings. The van der Waals surface area contributed by atoms with Crippen molar-refractivity contribution in [3.05, 3.63) is 29.8 Å². The molecule has 1 aromatic rings. The van der Waals surface area contributed by atoms with Gasteiger partial charge >= 0.3 is 6.03 Å². The molecule has 1 spiro atoms. The first-order chi connectivity index (χ1) is 12.5. The molecule has 3 rings (SSSR count). The molecule has 6 heteroatoms. The summed E-state index contributed by atoms with van der Waals surface area (Å²) >= 11 is 0. The summed E-state index contributed by atoms with van der Waals surface area (Å²) in [6, 6.07) is 7.04. The Morgan fingerprint density at radius 3 is 2.54 bits per heavy atom. The van der Waals surface area contributed by atoms with Crippen molar-refractivity contribution in [2.45, 2.75) is 57.9 Å². The van der Waals surface area contributed by atoms with E-state index in [9.17, 15) is 9.59 Å². The maximum Gasteiger partial charge on any atom is 0.346 e. The van der Waals surface area contributed by atoms with Gasteiger partial charge in [-0.15, -0.1) is 5.01 Å². The van der Waals surface area contributed by atoms with Crippen LogP contribution in [-0.4, -0.2) is 35.3 Å². The number of carbonyl (C=O) groups excluding carboxylic acids is 2. The third kappa shape index (κ3) is 4.06. The zero-order valence-corrected chi connectivity index (χ0v) is 15.5. The Hall–Kier alpha value is -2.37. The molecule has 1 aromatic carbocycles. The highest BCUT2D eigenvalue weighted by Crippen LogP contribution is 2.33. The molecule has 0 atom stereocenters. The fraction of sp³-hybridized carbons (Fsp3) is 0.550. The quantitative estimate of drug-likeness (QED) is 0.623. The van der Waals surface area contributed by atoms with Gasteiger partial charge < -0.3 is 10.1 Å². The molecule has 0 radical (unpaired) electrons. The average molecular weight is 357 g/mol. The van der Waals surface area contributed by atoms with Crippen molar-refractivity contribution in [3.8, 4) is 5.75 Å². The molecule has 1 saturated carbocycles. The highest BCUT2D eigenvalue weighted by molar-refractivity contribution is 6.07. The number of rotatable bonds is 6. The van der Waals surface area contributed by atoms with Gasteiger partial charge in [-0.05, 0) is 55.0 Å². The molecule has 0 unspecified atom stereocenters. The molecular formula is C20H27N3O3. The predicted octanol–water partition coefficient (Wildman–Crippen LogP) is 3.70. The van der Waals surface area contributed by atoms with E-state index < -0.39 is 11.6 Å². The molecule has 6 nitrogen and oxygen atoms in total. The second-order valence-electron chi connectivity index (χ2n) is 7.53. The summed E-state index contributed by atoms with van der Waals surface area (Å²) in [5.74, 6) is 1.18. The molecule has 1 aliphatic carbocycles. The minimum Gasteiger partial charge on any atom is -0.494 e. The van der Waals surface area contributed by atoms with E-state index in [1.807, 2.05) is 24.3 Å². The highest BCUT2D eigenvalue weighted by atomic mass is 16.5. The zero-order chi connectivity index (χ0) is 18.6. The van der Waals surface area contributed by atoms with Crippen LogP contribution in [0.2, 0.25) is 0 Å². The van der Waals surface area contributed by atoms with Crippen LogP contribution in [0.4, 0.5) is 4.79 Å². The summed E-state index contributed by atoms with van der Waals surface area (Å²) in [7, 11) is 0. The number of imide groups is 1. The average Bonchev–Trinajstić information content (AvgIpc) is 2.84. The Morgan fingerprint density at radius 1 is 1.19 bits per heavy atom.